The SMILES string of the molecule is CS(=O)(=O)OC1=C(C(=O)O)N2C(=O)[C@@H]3[C@H]2[C@H](C1)CN3C(=O)Nc1ccc(O)cc1.[H-].[Na+]. The number of anilines is 1. The molecule has 1 aromatic rings. The maximum absolute atomic E-state index is 12.7. The summed E-state index contributed by atoms with van der Waals surface area (Å²) in [6.07, 6.45) is 0.765. The largest absolute Gasteiger partial charge is 1.00 e. The van der Waals surface area contributed by atoms with Gasteiger partial charge in [0.05, 0.1) is 12.3 Å². The second-order valence-electron chi connectivity index (χ2n) is 7.10. The minimum Gasteiger partial charge on any atom is -1.00 e. The van der Waals surface area contributed by atoms with E-state index in [0.29, 0.717) is 5.69 Å². The van der Waals surface area contributed by atoms with Gasteiger partial charge in [0.25, 0.3) is 5.91 Å². The number of carbonyl (C=O) groups excluding carboxylic acids is 2. The number of carbonyl (C=O) groups is 3. The zero-order valence-electron chi connectivity index (χ0n) is 17.1. The van der Waals surface area contributed by atoms with E-state index in [1.165, 1.54) is 29.2 Å². The van der Waals surface area contributed by atoms with E-state index < -0.39 is 45.8 Å². The Morgan fingerprint density at radius 1 is 1.27 bits per heavy atom. The van der Waals surface area contributed by atoms with Crippen molar-refractivity contribution in [2.24, 2.45) is 5.92 Å². The average molecular weight is 447 g/mol. The Hall–Kier alpha value is -2.28. The van der Waals surface area contributed by atoms with Crippen molar-refractivity contribution in [1.29, 1.82) is 0 Å². The number of benzene rings is 1. The van der Waals surface area contributed by atoms with E-state index in [-0.39, 0.29) is 61.4 Å². The smallest absolute Gasteiger partial charge is 1.00 e. The van der Waals surface area contributed by atoms with Crippen LogP contribution >= 0.6 is 0 Å². The molecule has 0 saturated carbocycles. The van der Waals surface area contributed by atoms with Gasteiger partial charge < -0.3 is 26.0 Å². The molecule has 30 heavy (non-hydrogen) atoms. The first-order valence-corrected chi connectivity index (χ1v) is 10.4. The molecule has 2 saturated heterocycles. The number of β-lactam (4-membered cyclic amide) rings is 1. The van der Waals surface area contributed by atoms with Crippen LogP contribution in [0, 0.1) is 5.92 Å². The number of aromatic hydroxyl groups is 1. The molecule has 0 aliphatic carbocycles. The minimum absolute atomic E-state index is 0. The number of nitrogens with zero attached hydrogens (tertiary/aromatic N) is 2. The molecular formula is C17H18N3NaO8S. The first-order valence-electron chi connectivity index (χ1n) is 8.62. The third kappa shape index (κ3) is 3.75. The Morgan fingerprint density at radius 3 is 2.47 bits per heavy atom. The van der Waals surface area contributed by atoms with Crippen LogP contribution in [0.1, 0.15) is 7.85 Å². The van der Waals surface area contributed by atoms with E-state index >= 15 is 0 Å². The van der Waals surface area contributed by atoms with Crippen LogP contribution in [-0.2, 0) is 23.9 Å². The molecule has 11 nitrogen and oxygen atoms in total. The molecule has 3 amide bonds. The van der Waals surface area contributed by atoms with Crippen molar-refractivity contribution in [2.75, 3.05) is 18.1 Å². The van der Waals surface area contributed by atoms with Crippen molar-refractivity contribution in [3.05, 3.63) is 35.7 Å². The second kappa shape index (κ2) is 7.76. The fourth-order valence-electron chi connectivity index (χ4n) is 4.10. The molecule has 156 valence electrons. The Bertz CT molecular complexity index is 1060. The predicted octanol–water partition coefficient (Wildman–Crippen LogP) is -2.77. The third-order valence-corrected chi connectivity index (χ3v) is 5.65. The molecule has 4 rings (SSSR count). The summed E-state index contributed by atoms with van der Waals surface area (Å²) in [6, 6.07) is 3.85. The van der Waals surface area contributed by atoms with Gasteiger partial charge in [0.1, 0.15) is 11.8 Å². The van der Waals surface area contributed by atoms with E-state index in [0.717, 1.165) is 11.2 Å². The van der Waals surface area contributed by atoms with Crippen LogP contribution in [-0.4, -0.2) is 71.2 Å². The van der Waals surface area contributed by atoms with Gasteiger partial charge in [-0.1, -0.05) is 0 Å². The molecular weight excluding hydrogens is 429 g/mol. The number of nitrogens with one attached hydrogen (secondary N) is 1. The molecule has 0 spiro atoms. The van der Waals surface area contributed by atoms with Crippen molar-refractivity contribution < 1.29 is 68.2 Å². The summed E-state index contributed by atoms with van der Waals surface area (Å²) in [7, 11) is -3.99. The Kier molecular flexibility index (Phi) is 5.80. The number of aliphatic carboxylic acids is 1. The van der Waals surface area contributed by atoms with Gasteiger partial charge in [0.15, 0.2) is 11.5 Å². The van der Waals surface area contributed by atoms with Crippen molar-refractivity contribution in [2.45, 2.75) is 18.5 Å². The summed E-state index contributed by atoms with van der Waals surface area (Å²) in [5.74, 6) is -2.71. The molecule has 3 N–H and O–H groups in total. The number of hydrogen-bond acceptors (Lipinski definition) is 7. The first kappa shape index (κ1) is 22.4. The van der Waals surface area contributed by atoms with Crippen LogP contribution in [0.3, 0.4) is 0 Å². The van der Waals surface area contributed by atoms with E-state index in [9.17, 15) is 33.0 Å². The van der Waals surface area contributed by atoms with Gasteiger partial charge in [0, 0.05) is 24.6 Å². The summed E-state index contributed by atoms with van der Waals surface area (Å²) in [4.78, 5) is 39.3. The predicted molar refractivity (Wildman–Crippen MR) is 98.1 cm³/mol. The topological polar surface area (TPSA) is 154 Å². The molecule has 3 heterocycles. The van der Waals surface area contributed by atoms with Crippen molar-refractivity contribution in [3.8, 4) is 5.75 Å². The number of hydrogen-bond donors (Lipinski definition) is 3. The standard InChI is InChI=1S/C17H17N3O8S.Na.H/c1-29(26,27)28-11-6-8-7-19(17(25)18-9-2-4-10(21)5-3-9)14-12(8)20(15(14)22)13(11)16(23)24;;/h2-5,8,12,14,21H,6-7H2,1H3,(H,18,25)(H,23,24);;/q;+1;-1/t8-,12-,14+;;/m1../s1. The molecule has 3 atom stereocenters. The Balaban J connectivity index is 0.00000171. The molecule has 2 fully saturated rings. The van der Waals surface area contributed by atoms with E-state index in [2.05, 4.69) is 5.32 Å². The van der Waals surface area contributed by atoms with Gasteiger partial charge in [-0.3, -0.25) is 9.69 Å². The summed E-state index contributed by atoms with van der Waals surface area (Å²) >= 11 is 0. The number of allylic oxidation sites excluding steroid dienone is 1. The van der Waals surface area contributed by atoms with E-state index in [1.807, 2.05) is 0 Å². The van der Waals surface area contributed by atoms with Crippen LogP contribution in [0.4, 0.5) is 10.5 Å². The minimum atomic E-state index is -3.99. The number of carboxylic acids is 1. The number of rotatable bonds is 4. The molecule has 1 aromatic carbocycles. The fourth-order valence-corrected chi connectivity index (χ4v) is 4.61. The van der Waals surface area contributed by atoms with Gasteiger partial charge in [-0.2, -0.15) is 8.42 Å². The van der Waals surface area contributed by atoms with Crippen LogP contribution in [0.25, 0.3) is 0 Å². The Morgan fingerprint density at radius 2 is 1.90 bits per heavy atom. The zero-order valence-corrected chi connectivity index (χ0v) is 18.9. The molecule has 3 aliphatic rings. The maximum atomic E-state index is 12.7. The van der Waals surface area contributed by atoms with Gasteiger partial charge in [-0.15, -0.1) is 0 Å². The summed E-state index contributed by atoms with van der Waals surface area (Å²) < 4.78 is 27.9. The number of phenolic OH excluding ortho intramolecular Hbond substituents is 1. The zero-order chi connectivity index (χ0) is 21.1. The van der Waals surface area contributed by atoms with E-state index in [4.69, 9.17) is 4.18 Å². The van der Waals surface area contributed by atoms with E-state index in [1.54, 1.807) is 0 Å². The van der Waals surface area contributed by atoms with Crippen LogP contribution in [0.5, 0.6) is 5.75 Å². The quantitative estimate of drug-likeness (QED) is 0.194. The molecule has 3 aliphatic heterocycles. The molecule has 0 bridgehead atoms. The van der Waals surface area contributed by atoms with Crippen LogP contribution in [0.2, 0.25) is 0 Å². The number of urea groups is 1. The van der Waals surface area contributed by atoms with Crippen molar-refractivity contribution in [1.82, 2.24) is 9.80 Å². The van der Waals surface area contributed by atoms with Gasteiger partial charge in [-0.05, 0) is 24.3 Å². The second-order valence-corrected chi connectivity index (χ2v) is 8.68. The van der Waals surface area contributed by atoms with Crippen LogP contribution < -0.4 is 34.9 Å². The van der Waals surface area contributed by atoms with Gasteiger partial charge in [0.2, 0.25) is 0 Å². The normalized spacial score (nSPS) is 24.6. The summed E-state index contributed by atoms with van der Waals surface area (Å²) in [6.45, 7) is 0.130. The van der Waals surface area contributed by atoms with Gasteiger partial charge in [-0.25, -0.2) is 9.59 Å². The first-order chi connectivity index (χ1) is 13.6. The number of amides is 3. The molecule has 0 radical (unpaired) electrons. The third-order valence-electron chi connectivity index (χ3n) is 5.15. The number of carboxylic acid groups (broad SMARTS) is 1. The van der Waals surface area contributed by atoms with Gasteiger partial charge >= 0.3 is 51.7 Å². The average Bonchev–Trinajstić information content (AvgIpc) is 2.97. The summed E-state index contributed by atoms with van der Waals surface area (Å²) in [5.41, 5.74) is -0.0875. The fraction of sp³-hybridized carbons (Fsp3) is 0.353. The number of likely N-dealkylation sites (tertiary alicyclic amines) is 1. The van der Waals surface area contributed by atoms with Crippen molar-refractivity contribution >= 4 is 33.7 Å². The monoisotopic (exact) mass is 447 g/mol. The number of phenols is 1. The maximum Gasteiger partial charge on any atom is 1.00 e. The molecule has 0 aromatic heterocycles. The Labute approximate surface area is 195 Å². The molecule has 0 unspecified atom stereocenters. The van der Waals surface area contributed by atoms with Crippen LogP contribution in [0.15, 0.2) is 35.7 Å². The summed E-state index contributed by atoms with van der Waals surface area (Å²) in [5, 5.41) is 21.4. The van der Waals surface area contributed by atoms with Crippen molar-refractivity contribution in [3.63, 3.8) is 0 Å². The molecule has 13 heteroatoms.